The van der Waals surface area contributed by atoms with Crippen molar-refractivity contribution in [3.05, 3.63) is 33.8 Å². The molecule has 0 bridgehead atoms. The Labute approximate surface area is 93.0 Å². The van der Waals surface area contributed by atoms with E-state index in [0.29, 0.717) is 12.6 Å². The second-order valence-electron chi connectivity index (χ2n) is 3.64. The summed E-state index contributed by atoms with van der Waals surface area (Å²) < 4.78 is 1.24. The highest BCUT2D eigenvalue weighted by Gasteiger charge is 2.22. The molecule has 1 aromatic rings. The number of benzene rings is 1. The molecule has 1 aliphatic rings. The minimum atomic E-state index is 0.506. The number of rotatable bonds is 3. The van der Waals surface area contributed by atoms with Gasteiger partial charge in [-0.15, -0.1) is 0 Å². The third kappa shape index (κ3) is 1.85. The quantitative estimate of drug-likeness (QED) is 0.866. The third-order valence-corrected chi connectivity index (χ3v) is 3.49. The monoisotopic (exact) mass is 254 g/mol. The summed E-state index contributed by atoms with van der Waals surface area (Å²) in [5, 5.41) is 3.47. The first-order chi connectivity index (χ1) is 6.83. The third-order valence-electron chi connectivity index (χ3n) is 2.75. The number of hydrogen-bond donors (Lipinski definition) is 2. The van der Waals surface area contributed by atoms with Crippen LogP contribution in [0.15, 0.2) is 22.7 Å². The van der Waals surface area contributed by atoms with Gasteiger partial charge in [0.25, 0.3) is 0 Å². The lowest BCUT2D eigenvalue weighted by Crippen LogP contribution is -2.25. The molecule has 76 valence electrons. The van der Waals surface area contributed by atoms with Gasteiger partial charge in [0.1, 0.15) is 0 Å². The minimum absolute atomic E-state index is 0.506. The molecule has 0 saturated heterocycles. The molecule has 14 heavy (non-hydrogen) atoms. The molecule has 0 spiro atoms. The Balaban J connectivity index is 2.18. The van der Waals surface area contributed by atoms with Crippen LogP contribution in [0.4, 0.5) is 0 Å². The zero-order valence-corrected chi connectivity index (χ0v) is 9.68. The molecule has 1 aromatic carbocycles. The van der Waals surface area contributed by atoms with Gasteiger partial charge >= 0.3 is 0 Å². The predicted molar refractivity (Wildman–Crippen MR) is 62.3 cm³/mol. The van der Waals surface area contributed by atoms with Crippen molar-refractivity contribution < 1.29 is 0 Å². The molecule has 2 nitrogen and oxygen atoms in total. The number of nitrogens with one attached hydrogen (secondary N) is 1. The van der Waals surface area contributed by atoms with Crippen molar-refractivity contribution in [1.82, 2.24) is 5.32 Å². The molecular formula is C11H15BrN2. The molecule has 0 amide bonds. The van der Waals surface area contributed by atoms with Crippen LogP contribution >= 0.6 is 15.9 Å². The van der Waals surface area contributed by atoms with Gasteiger partial charge in [-0.2, -0.15) is 0 Å². The summed E-state index contributed by atoms with van der Waals surface area (Å²) in [6.07, 6.45) is 2.36. The van der Waals surface area contributed by atoms with Crippen molar-refractivity contribution in [3.63, 3.8) is 0 Å². The standard InChI is InChI=1S/C11H15BrN2/c12-10-3-1-2-9-8(10)4-5-11(9)14-7-6-13/h1-3,11,14H,4-7,13H2. The topological polar surface area (TPSA) is 38.0 Å². The smallest absolute Gasteiger partial charge is 0.0327 e. The van der Waals surface area contributed by atoms with E-state index in [1.54, 1.807) is 0 Å². The Morgan fingerprint density at radius 1 is 1.50 bits per heavy atom. The summed E-state index contributed by atoms with van der Waals surface area (Å²) >= 11 is 3.59. The maximum Gasteiger partial charge on any atom is 0.0327 e. The van der Waals surface area contributed by atoms with E-state index in [1.165, 1.54) is 28.4 Å². The van der Waals surface area contributed by atoms with E-state index in [2.05, 4.69) is 39.4 Å². The van der Waals surface area contributed by atoms with Crippen LogP contribution in [-0.4, -0.2) is 13.1 Å². The van der Waals surface area contributed by atoms with E-state index in [1.807, 2.05) is 0 Å². The van der Waals surface area contributed by atoms with Crippen molar-refractivity contribution in [2.45, 2.75) is 18.9 Å². The molecule has 2 rings (SSSR count). The van der Waals surface area contributed by atoms with Crippen molar-refractivity contribution in [2.75, 3.05) is 13.1 Å². The highest BCUT2D eigenvalue weighted by Crippen LogP contribution is 2.35. The molecular weight excluding hydrogens is 240 g/mol. The van der Waals surface area contributed by atoms with Crippen molar-refractivity contribution in [3.8, 4) is 0 Å². The lowest BCUT2D eigenvalue weighted by molar-refractivity contribution is 0.538. The number of hydrogen-bond acceptors (Lipinski definition) is 2. The Bertz CT molecular complexity index is 325. The Morgan fingerprint density at radius 2 is 2.36 bits per heavy atom. The largest absolute Gasteiger partial charge is 0.329 e. The van der Waals surface area contributed by atoms with Gasteiger partial charge in [-0.1, -0.05) is 28.1 Å². The second-order valence-corrected chi connectivity index (χ2v) is 4.50. The molecule has 1 unspecified atom stereocenters. The summed E-state index contributed by atoms with van der Waals surface area (Å²) in [7, 11) is 0. The zero-order valence-electron chi connectivity index (χ0n) is 8.09. The molecule has 3 N–H and O–H groups in total. The molecule has 0 saturated carbocycles. The SMILES string of the molecule is NCCNC1CCc2c(Br)cccc21. The molecule has 0 radical (unpaired) electrons. The Hall–Kier alpha value is -0.380. The molecule has 3 heteroatoms. The van der Waals surface area contributed by atoms with Crippen molar-refractivity contribution in [1.29, 1.82) is 0 Å². The van der Waals surface area contributed by atoms with E-state index < -0.39 is 0 Å². The molecule has 0 heterocycles. The maximum absolute atomic E-state index is 5.48. The summed E-state index contributed by atoms with van der Waals surface area (Å²) in [5.41, 5.74) is 8.38. The van der Waals surface area contributed by atoms with Crippen LogP contribution in [-0.2, 0) is 6.42 Å². The van der Waals surface area contributed by atoms with E-state index >= 15 is 0 Å². The van der Waals surface area contributed by atoms with Gasteiger partial charge in [0.05, 0.1) is 0 Å². The van der Waals surface area contributed by atoms with Crippen LogP contribution in [0.5, 0.6) is 0 Å². The van der Waals surface area contributed by atoms with Crippen LogP contribution in [0.1, 0.15) is 23.6 Å². The highest BCUT2D eigenvalue weighted by molar-refractivity contribution is 9.10. The van der Waals surface area contributed by atoms with Gasteiger partial charge in [0, 0.05) is 23.6 Å². The van der Waals surface area contributed by atoms with E-state index in [4.69, 9.17) is 5.73 Å². The minimum Gasteiger partial charge on any atom is -0.329 e. The van der Waals surface area contributed by atoms with Crippen LogP contribution in [0.25, 0.3) is 0 Å². The van der Waals surface area contributed by atoms with Gasteiger partial charge < -0.3 is 11.1 Å². The first-order valence-corrected chi connectivity index (χ1v) is 5.83. The van der Waals surface area contributed by atoms with Crippen LogP contribution < -0.4 is 11.1 Å². The second kappa shape index (κ2) is 4.43. The van der Waals surface area contributed by atoms with Gasteiger partial charge in [0.2, 0.25) is 0 Å². The molecule has 1 aliphatic carbocycles. The summed E-state index contributed by atoms with van der Waals surface area (Å²) in [6.45, 7) is 1.61. The number of halogens is 1. The summed E-state index contributed by atoms with van der Waals surface area (Å²) in [6, 6.07) is 6.93. The number of fused-ring (bicyclic) bond motifs is 1. The predicted octanol–water partition coefficient (Wildman–Crippen LogP) is 1.98. The highest BCUT2D eigenvalue weighted by atomic mass is 79.9. The zero-order chi connectivity index (χ0) is 9.97. The average Bonchev–Trinajstić information content (AvgIpc) is 2.60. The molecule has 0 aromatic heterocycles. The van der Waals surface area contributed by atoms with Gasteiger partial charge in [-0.25, -0.2) is 0 Å². The molecule has 0 fully saturated rings. The van der Waals surface area contributed by atoms with Crippen molar-refractivity contribution in [2.24, 2.45) is 5.73 Å². The maximum atomic E-state index is 5.48. The van der Waals surface area contributed by atoms with Gasteiger partial charge in [-0.05, 0) is 30.0 Å². The van der Waals surface area contributed by atoms with E-state index in [9.17, 15) is 0 Å². The van der Waals surface area contributed by atoms with Crippen LogP contribution in [0, 0.1) is 0 Å². The first-order valence-electron chi connectivity index (χ1n) is 5.03. The summed E-state index contributed by atoms with van der Waals surface area (Å²) in [5.74, 6) is 0. The van der Waals surface area contributed by atoms with Gasteiger partial charge in [-0.3, -0.25) is 0 Å². The fourth-order valence-electron chi connectivity index (χ4n) is 2.08. The Kier molecular flexibility index (Phi) is 3.21. The molecule has 1 atom stereocenters. The van der Waals surface area contributed by atoms with Gasteiger partial charge in [0.15, 0.2) is 0 Å². The fraction of sp³-hybridized carbons (Fsp3) is 0.455. The van der Waals surface area contributed by atoms with E-state index in [-0.39, 0.29) is 0 Å². The van der Waals surface area contributed by atoms with Crippen LogP contribution in [0.3, 0.4) is 0 Å². The lowest BCUT2D eigenvalue weighted by Gasteiger charge is -2.13. The van der Waals surface area contributed by atoms with Crippen LogP contribution in [0.2, 0.25) is 0 Å². The van der Waals surface area contributed by atoms with Crippen molar-refractivity contribution >= 4 is 15.9 Å². The Morgan fingerprint density at radius 3 is 3.14 bits per heavy atom. The summed E-state index contributed by atoms with van der Waals surface area (Å²) in [4.78, 5) is 0. The molecule has 0 aliphatic heterocycles. The normalized spacial score (nSPS) is 19.7. The fourth-order valence-corrected chi connectivity index (χ4v) is 2.66. The van der Waals surface area contributed by atoms with E-state index in [0.717, 1.165) is 6.54 Å². The average molecular weight is 255 g/mol. The first kappa shape index (κ1) is 10.1. The lowest BCUT2D eigenvalue weighted by atomic mass is 10.1. The number of nitrogens with two attached hydrogens (primary N) is 1.